The molecule has 6 rings (SSSR count). The van der Waals surface area contributed by atoms with Crippen LogP contribution in [0.25, 0.3) is 16.7 Å². The monoisotopic (exact) mass is 483 g/mol. The minimum atomic E-state index is -0.0820. The fourth-order valence-corrected chi connectivity index (χ4v) is 7.54. The van der Waals surface area contributed by atoms with E-state index in [0.717, 1.165) is 0 Å². The Morgan fingerprint density at radius 2 is 1.11 bits per heavy atom. The van der Waals surface area contributed by atoms with Crippen LogP contribution in [0.15, 0.2) is 78.9 Å². The van der Waals surface area contributed by atoms with E-state index in [9.17, 15) is 0 Å². The summed E-state index contributed by atoms with van der Waals surface area (Å²) >= 11 is 0. The SMILES string of the molecule is CC1=CC(C)(C)c2c(C)c3c(c(C)c21)C(C)(C)c1cc(N(c2ccccc2)c2ccccc2)cc(C)c1-3. The third-order valence-corrected chi connectivity index (χ3v) is 8.77. The van der Waals surface area contributed by atoms with Crippen LogP contribution in [-0.4, -0.2) is 0 Å². The van der Waals surface area contributed by atoms with E-state index in [1.165, 1.54) is 72.7 Å². The zero-order chi connectivity index (χ0) is 26.3. The third kappa shape index (κ3) is 3.29. The summed E-state index contributed by atoms with van der Waals surface area (Å²) in [5.41, 5.74) is 18.1. The van der Waals surface area contributed by atoms with Crippen LogP contribution in [0, 0.1) is 20.8 Å². The minimum Gasteiger partial charge on any atom is -0.310 e. The first-order valence-corrected chi connectivity index (χ1v) is 13.5. The molecule has 0 aromatic heterocycles. The maximum absolute atomic E-state index is 2.47. The highest BCUT2D eigenvalue weighted by Gasteiger charge is 2.43. The van der Waals surface area contributed by atoms with Gasteiger partial charge in [-0.1, -0.05) is 70.2 Å². The first kappa shape index (κ1) is 23.8. The first-order valence-electron chi connectivity index (χ1n) is 13.5. The number of aryl methyl sites for hydroxylation is 1. The average Bonchev–Trinajstić information content (AvgIpc) is 3.25. The maximum Gasteiger partial charge on any atom is 0.0467 e. The lowest BCUT2D eigenvalue weighted by molar-refractivity contribution is 0.649. The van der Waals surface area contributed by atoms with Crippen molar-refractivity contribution < 1.29 is 0 Å². The van der Waals surface area contributed by atoms with Gasteiger partial charge in [-0.3, -0.25) is 0 Å². The summed E-state index contributed by atoms with van der Waals surface area (Å²) in [6, 6.07) is 26.3. The molecule has 0 aliphatic heterocycles. The summed E-state index contributed by atoms with van der Waals surface area (Å²) in [7, 11) is 0. The molecular formula is C36H37N. The van der Waals surface area contributed by atoms with Crippen LogP contribution < -0.4 is 4.90 Å². The molecular weight excluding hydrogens is 446 g/mol. The standard InChI is InChI=1S/C36H37N/c1-22-19-28(37(26-15-11-9-12-16-26)27-17-13-10-14-18-27)20-29-31(22)32-25(4)33-30(23(2)21-35(33,5)6)24(3)34(32)36(29,7)8/h9-21H,1-8H3. The van der Waals surface area contributed by atoms with Crippen molar-refractivity contribution in [3.63, 3.8) is 0 Å². The number of rotatable bonds is 3. The number of allylic oxidation sites excluding steroid dienone is 2. The van der Waals surface area contributed by atoms with Crippen molar-refractivity contribution in [3.05, 3.63) is 118 Å². The van der Waals surface area contributed by atoms with E-state index in [4.69, 9.17) is 0 Å². The molecule has 0 saturated heterocycles. The second kappa shape index (κ2) is 7.96. The summed E-state index contributed by atoms with van der Waals surface area (Å²) in [6.07, 6.45) is 2.47. The summed E-state index contributed by atoms with van der Waals surface area (Å²) in [6.45, 7) is 18.9. The molecule has 186 valence electrons. The zero-order valence-electron chi connectivity index (χ0n) is 23.5. The van der Waals surface area contributed by atoms with Crippen molar-refractivity contribution >= 4 is 22.6 Å². The number of para-hydroxylation sites is 2. The van der Waals surface area contributed by atoms with Crippen LogP contribution in [0.4, 0.5) is 17.1 Å². The van der Waals surface area contributed by atoms with Crippen LogP contribution in [0.3, 0.4) is 0 Å². The molecule has 0 radical (unpaired) electrons. The van der Waals surface area contributed by atoms with Crippen LogP contribution in [0.5, 0.6) is 0 Å². The van der Waals surface area contributed by atoms with Gasteiger partial charge >= 0.3 is 0 Å². The lowest BCUT2D eigenvalue weighted by Crippen LogP contribution is -2.20. The summed E-state index contributed by atoms with van der Waals surface area (Å²) in [4.78, 5) is 2.39. The Balaban J connectivity index is 1.63. The van der Waals surface area contributed by atoms with Gasteiger partial charge in [-0.25, -0.2) is 0 Å². The second-order valence-electron chi connectivity index (χ2n) is 12.1. The Bertz CT molecular complexity index is 1540. The van der Waals surface area contributed by atoms with E-state index < -0.39 is 0 Å². The number of hydrogen-bond acceptors (Lipinski definition) is 1. The van der Waals surface area contributed by atoms with E-state index >= 15 is 0 Å². The van der Waals surface area contributed by atoms with Gasteiger partial charge in [-0.05, 0) is 120 Å². The number of fused-ring (bicyclic) bond motifs is 4. The highest BCUT2D eigenvalue weighted by atomic mass is 15.1. The predicted octanol–water partition coefficient (Wildman–Crippen LogP) is 10.1. The fraction of sp³-hybridized carbons (Fsp3) is 0.278. The van der Waals surface area contributed by atoms with Gasteiger partial charge in [0.2, 0.25) is 0 Å². The molecule has 0 fully saturated rings. The van der Waals surface area contributed by atoms with E-state index in [0.29, 0.717) is 0 Å². The van der Waals surface area contributed by atoms with E-state index in [-0.39, 0.29) is 10.8 Å². The average molecular weight is 484 g/mol. The van der Waals surface area contributed by atoms with Crippen LogP contribution >= 0.6 is 0 Å². The molecule has 2 aliphatic rings. The Morgan fingerprint density at radius 1 is 0.568 bits per heavy atom. The number of nitrogens with zero attached hydrogens (tertiary/aromatic N) is 1. The molecule has 0 atom stereocenters. The molecule has 2 aliphatic carbocycles. The number of anilines is 3. The van der Waals surface area contributed by atoms with Crippen molar-refractivity contribution in [3.8, 4) is 11.1 Å². The van der Waals surface area contributed by atoms with E-state index in [1.54, 1.807) is 0 Å². The van der Waals surface area contributed by atoms with Gasteiger partial charge in [0.1, 0.15) is 0 Å². The molecule has 37 heavy (non-hydrogen) atoms. The number of hydrogen-bond donors (Lipinski definition) is 0. The molecule has 4 aromatic carbocycles. The van der Waals surface area contributed by atoms with Crippen molar-refractivity contribution in [1.29, 1.82) is 0 Å². The van der Waals surface area contributed by atoms with Gasteiger partial charge in [-0.2, -0.15) is 0 Å². The topological polar surface area (TPSA) is 3.24 Å². The Hall–Kier alpha value is -3.58. The van der Waals surface area contributed by atoms with Gasteiger partial charge in [0.25, 0.3) is 0 Å². The van der Waals surface area contributed by atoms with Crippen molar-refractivity contribution in [2.24, 2.45) is 0 Å². The number of benzene rings is 4. The Kier molecular flexibility index (Phi) is 5.12. The van der Waals surface area contributed by atoms with Crippen LogP contribution in [0.1, 0.15) is 73.6 Å². The van der Waals surface area contributed by atoms with Gasteiger partial charge in [0.05, 0.1) is 0 Å². The molecule has 4 aromatic rings. The highest BCUT2D eigenvalue weighted by Crippen LogP contribution is 2.58. The van der Waals surface area contributed by atoms with Crippen molar-refractivity contribution in [1.82, 2.24) is 0 Å². The van der Waals surface area contributed by atoms with E-state index in [2.05, 4.69) is 139 Å². The maximum atomic E-state index is 2.47. The lowest BCUT2D eigenvalue weighted by atomic mass is 9.75. The first-order chi connectivity index (χ1) is 17.5. The molecule has 1 heteroatoms. The molecule has 0 bridgehead atoms. The zero-order valence-corrected chi connectivity index (χ0v) is 23.5. The van der Waals surface area contributed by atoms with Crippen molar-refractivity contribution in [2.75, 3.05) is 4.90 Å². The van der Waals surface area contributed by atoms with E-state index in [1.807, 2.05) is 0 Å². The second-order valence-corrected chi connectivity index (χ2v) is 12.1. The van der Waals surface area contributed by atoms with Crippen molar-refractivity contribution in [2.45, 2.75) is 66.2 Å². The fourth-order valence-electron chi connectivity index (χ4n) is 7.54. The van der Waals surface area contributed by atoms with Gasteiger partial charge < -0.3 is 4.90 Å². The molecule has 0 heterocycles. The van der Waals surface area contributed by atoms with Gasteiger partial charge in [0.15, 0.2) is 0 Å². The third-order valence-electron chi connectivity index (χ3n) is 8.77. The molecule has 0 N–H and O–H groups in total. The largest absolute Gasteiger partial charge is 0.310 e. The molecule has 0 amide bonds. The van der Waals surface area contributed by atoms with Crippen LogP contribution in [0.2, 0.25) is 0 Å². The Labute approximate surface area is 222 Å². The molecule has 0 unspecified atom stereocenters. The molecule has 0 saturated carbocycles. The summed E-state index contributed by atoms with van der Waals surface area (Å²) in [5.74, 6) is 0. The normalized spacial score (nSPS) is 16.2. The summed E-state index contributed by atoms with van der Waals surface area (Å²) < 4.78 is 0. The highest BCUT2D eigenvalue weighted by molar-refractivity contribution is 5.94. The quantitative estimate of drug-likeness (QED) is 0.280. The predicted molar refractivity (Wildman–Crippen MR) is 160 cm³/mol. The van der Waals surface area contributed by atoms with Gasteiger partial charge in [0, 0.05) is 27.9 Å². The Morgan fingerprint density at radius 3 is 1.68 bits per heavy atom. The minimum absolute atomic E-state index is 0.0570. The lowest BCUT2D eigenvalue weighted by Gasteiger charge is -2.30. The summed E-state index contributed by atoms with van der Waals surface area (Å²) in [5, 5.41) is 0. The van der Waals surface area contributed by atoms with Gasteiger partial charge in [-0.15, -0.1) is 0 Å². The smallest absolute Gasteiger partial charge is 0.0467 e. The molecule has 0 spiro atoms. The van der Waals surface area contributed by atoms with Crippen LogP contribution in [-0.2, 0) is 10.8 Å². The molecule has 1 nitrogen and oxygen atoms in total.